The van der Waals surface area contributed by atoms with E-state index in [0.29, 0.717) is 36.7 Å². The van der Waals surface area contributed by atoms with Crippen molar-refractivity contribution < 1.29 is 9.32 Å². The van der Waals surface area contributed by atoms with Crippen molar-refractivity contribution in [3.05, 3.63) is 59.4 Å². The quantitative estimate of drug-likeness (QED) is 0.762. The number of hydrogen-bond donors (Lipinski definition) is 1. The zero-order chi connectivity index (χ0) is 18.8. The Balaban J connectivity index is 1.56. The molecular formula is C19H22N6O2. The van der Waals surface area contributed by atoms with Gasteiger partial charge in [0, 0.05) is 37.9 Å². The summed E-state index contributed by atoms with van der Waals surface area (Å²) < 4.78 is 7.17. The van der Waals surface area contributed by atoms with Crippen LogP contribution in [-0.4, -0.2) is 43.8 Å². The molecule has 3 aromatic heterocycles. The van der Waals surface area contributed by atoms with Crippen LogP contribution in [0, 0.1) is 19.8 Å². The lowest BCUT2D eigenvalue weighted by atomic mass is 10.1. The van der Waals surface area contributed by atoms with E-state index in [1.54, 1.807) is 26.2 Å². The summed E-state index contributed by atoms with van der Waals surface area (Å²) in [5, 5.41) is 11.7. The van der Waals surface area contributed by atoms with E-state index >= 15 is 0 Å². The summed E-state index contributed by atoms with van der Waals surface area (Å²) in [7, 11) is 0. The maximum atomic E-state index is 13.2. The van der Waals surface area contributed by atoms with Gasteiger partial charge >= 0.3 is 0 Å². The van der Waals surface area contributed by atoms with E-state index in [1.165, 1.54) is 0 Å². The molecule has 1 aliphatic heterocycles. The summed E-state index contributed by atoms with van der Waals surface area (Å²) in [5.41, 5.74) is 2.20. The number of rotatable bonds is 4. The maximum Gasteiger partial charge on any atom is 0.259 e. The van der Waals surface area contributed by atoms with E-state index in [0.717, 1.165) is 18.1 Å². The van der Waals surface area contributed by atoms with Gasteiger partial charge in [-0.3, -0.25) is 9.48 Å². The van der Waals surface area contributed by atoms with Crippen LogP contribution in [0.2, 0.25) is 0 Å². The van der Waals surface area contributed by atoms with Crippen molar-refractivity contribution in [1.29, 1.82) is 0 Å². The molecule has 27 heavy (non-hydrogen) atoms. The molecule has 1 atom stereocenters. The summed E-state index contributed by atoms with van der Waals surface area (Å²) in [6, 6.07) is 7.73. The van der Waals surface area contributed by atoms with E-state index in [9.17, 15) is 4.79 Å². The standard InChI is InChI=1S/C19H22N6O2/c1-13-18(14(2)27-23-13)19(26)24-10-15(9-21-17-5-3-4-7-20-17)11-25-16(12-24)6-8-22-25/h3-8,15H,9-12H2,1-2H3,(H,20,21)/t15-/m0/s1. The van der Waals surface area contributed by atoms with Crippen LogP contribution in [-0.2, 0) is 13.1 Å². The first-order chi connectivity index (χ1) is 13.1. The summed E-state index contributed by atoms with van der Waals surface area (Å²) in [5.74, 6) is 1.52. The second-order valence-corrected chi connectivity index (χ2v) is 6.85. The first kappa shape index (κ1) is 17.3. The summed E-state index contributed by atoms with van der Waals surface area (Å²) in [4.78, 5) is 19.3. The fraction of sp³-hybridized carbons (Fsp3) is 0.368. The maximum absolute atomic E-state index is 13.2. The lowest BCUT2D eigenvalue weighted by molar-refractivity contribution is 0.0722. The minimum absolute atomic E-state index is 0.0521. The van der Waals surface area contributed by atoms with Crippen LogP contribution < -0.4 is 5.32 Å². The van der Waals surface area contributed by atoms with Crippen LogP contribution in [0.1, 0.15) is 27.5 Å². The minimum atomic E-state index is -0.0521. The number of carbonyl (C=O) groups is 1. The van der Waals surface area contributed by atoms with Crippen molar-refractivity contribution in [2.24, 2.45) is 5.92 Å². The first-order valence-electron chi connectivity index (χ1n) is 8.99. The molecule has 140 valence electrons. The summed E-state index contributed by atoms with van der Waals surface area (Å²) >= 11 is 0. The summed E-state index contributed by atoms with van der Waals surface area (Å²) in [6.07, 6.45) is 3.54. The van der Waals surface area contributed by atoms with Crippen LogP contribution >= 0.6 is 0 Å². The molecule has 0 spiro atoms. The molecule has 1 N–H and O–H groups in total. The molecule has 4 rings (SSSR count). The van der Waals surface area contributed by atoms with Gasteiger partial charge in [-0.05, 0) is 32.0 Å². The number of aromatic nitrogens is 4. The fourth-order valence-electron chi connectivity index (χ4n) is 3.48. The molecule has 0 saturated heterocycles. The number of carbonyl (C=O) groups excluding carboxylic acids is 1. The molecule has 0 radical (unpaired) electrons. The monoisotopic (exact) mass is 366 g/mol. The smallest absolute Gasteiger partial charge is 0.259 e. The molecule has 0 bridgehead atoms. The molecule has 1 aliphatic rings. The highest BCUT2D eigenvalue weighted by Crippen LogP contribution is 2.21. The average Bonchev–Trinajstić information content (AvgIpc) is 3.20. The molecule has 1 amide bonds. The van der Waals surface area contributed by atoms with Gasteiger partial charge in [0.1, 0.15) is 17.1 Å². The lowest BCUT2D eigenvalue weighted by Gasteiger charge is -2.24. The normalized spacial score (nSPS) is 16.7. The van der Waals surface area contributed by atoms with E-state index in [1.807, 2.05) is 33.8 Å². The largest absolute Gasteiger partial charge is 0.370 e. The predicted octanol–water partition coefficient (Wildman–Crippen LogP) is 2.27. The van der Waals surface area contributed by atoms with Crippen molar-refractivity contribution in [2.75, 3.05) is 18.4 Å². The highest BCUT2D eigenvalue weighted by atomic mass is 16.5. The zero-order valence-corrected chi connectivity index (χ0v) is 15.4. The molecule has 3 aromatic rings. The highest BCUT2D eigenvalue weighted by Gasteiger charge is 2.29. The van der Waals surface area contributed by atoms with Crippen LogP contribution in [0.15, 0.2) is 41.2 Å². The number of hydrogen-bond acceptors (Lipinski definition) is 6. The van der Waals surface area contributed by atoms with Gasteiger partial charge < -0.3 is 14.7 Å². The predicted molar refractivity (Wildman–Crippen MR) is 99.2 cm³/mol. The van der Waals surface area contributed by atoms with Gasteiger partial charge in [-0.1, -0.05) is 11.2 Å². The average molecular weight is 366 g/mol. The Morgan fingerprint density at radius 3 is 2.89 bits per heavy atom. The van der Waals surface area contributed by atoms with E-state index in [-0.39, 0.29) is 11.8 Å². The third-order valence-electron chi connectivity index (χ3n) is 4.84. The van der Waals surface area contributed by atoms with Crippen molar-refractivity contribution in [3.8, 4) is 0 Å². The van der Waals surface area contributed by atoms with Crippen molar-refractivity contribution in [3.63, 3.8) is 0 Å². The van der Waals surface area contributed by atoms with E-state index < -0.39 is 0 Å². The van der Waals surface area contributed by atoms with Gasteiger partial charge in [-0.2, -0.15) is 5.10 Å². The van der Waals surface area contributed by atoms with Crippen LogP contribution in [0.4, 0.5) is 5.82 Å². The second kappa shape index (κ2) is 7.22. The van der Waals surface area contributed by atoms with E-state index in [2.05, 4.69) is 20.6 Å². The highest BCUT2D eigenvalue weighted by molar-refractivity contribution is 5.96. The number of fused-ring (bicyclic) bond motifs is 1. The minimum Gasteiger partial charge on any atom is -0.370 e. The molecule has 0 aliphatic carbocycles. The van der Waals surface area contributed by atoms with Crippen molar-refractivity contribution >= 4 is 11.7 Å². The van der Waals surface area contributed by atoms with Crippen molar-refractivity contribution in [1.82, 2.24) is 24.8 Å². The van der Waals surface area contributed by atoms with Gasteiger partial charge in [-0.15, -0.1) is 0 Å². The zero-order valence-electron chi connectivity index (χ0n) is 15.4. The van der Waals surface area contributed by atoms with Crippen LogP contribution in [0.25, 0.3) is 0 Å². The molecule has 0 saturated carbocycles. The Labute approximate surface area is 157 Å². The third-order valence-corrected chi connectivity index (χ3v) is 4.84. The van der Waals surface area contributed by atoms with Gasteiger partial charge in [0.25, 0.3) is 5.91 Å². The molecular weight excluding hydrogens is 344 g/mol. The Hall–Kier alpha value is -3.16. The van der Waals surface area contributed by atoms with Crippen LogP contribution in [0.5, 0.6) is 0 Å². The molecule has 0 unspecified atom stereocenters. The second-order valence-electron chi connectivity index (χ2n) is 6.85. The van der Waals surface area contributed by atoms with Gasteiger partial charge in [0.15, 0.2) is 0 Å². The first-order valence-corrected chi connectivity index (χ1v) is 8.99. The number of nitrogens with one attached hydrogen (secondary N) is 1. The number of aryl methyl sites for hydroxylation is 2. The Kier molecular flexibility index (Phi) is 4.62. The molecule has 4 heterocycles. The van der Waals surface area contributed by atoms with Crippen molar-refractivity contribution in [2.45, 2.75) is 26.9 Å². The number of anilines is 1. The SMILES string of the molecule is Cc1noc(C)c1C(=O)N1Cc2ccnn2C[C@@H](CNc2ccccn2)C1. The fourth-order valence-corrected chi connectivity index (χ4v) is 3.48. The number of nitrogens with zero attached hydrogens (tertiary/aromatic N) is 5. The topological polar surface area (TPSA) is 89.1 Å². The Morgan fingerprint density at radius 2 is 2.15 bits per heavy atom. The Morgan fingerprint density at radius 1 is 1.26 bits per heavy atom. The third kappa shape index (κ3) is 3.55. The molecule has 8 nitrogen and oxygen atoms in total. The summed E-state index contributed by atoms with van der Waals surface area (Å²) in [6.45, 7) is 6.14. The van der Waals surface area contributed by atoms with Crippen LogP contribution in [0.3, 0.4) is 0 Å². The Bertz CT molecular complexity index is 913. The lowest BCUT2D eigenvalue weighted by Crippen LogP contribution is -2.36. The number of pyridine rings is 1. The van der Waals surface area contributed by atoms with Gasteiger partial charge in [-0.25, -0.2) is 4.98 Å². The van der Waals surface area contributed by atoms with E-state index in [4.69, 9.17) is 4.52 Å². The number of amides is 1. The van der Waals surface area contributed by atoms with Gasteiger partial charge in [0.2, 0.25) is 0 Å². The van der Waals surface area contributed by atoms with Gasteiger partial charge in [0.05, 0.1) is 17.9 Å². The molecule has 0 fully saturated rings. The molecule has 0 aromatic carbocycles. The molecule has 8 heteroatoms.